The van der Waals surface area contributed by atoms with Crippen LogP contribution in [0.15, 0.2) is 71.6 Å². The maximum Gasteiger partial charge on any atom is 0.273 e. The molecule has 9 nitrogen and oxygen atoms in total. The van der Waals surface area contributed by atoms with Gasteiger partial charge in [0.15, 0.2) is 0 Å². The third-order valence-electron chi connectivity index (χ3n) is 4.96. The number of methoxy groups -OCH3 is 1. The van der Waals surface area contributed by atoms with Gasteiger partial charge in [0, 0.05) is 29.4 Å². The second-order valence-corrected chi connectivity index (χ2v) is 8.89. The molecule has 172 valence electrons. The number of benzene rings is 3. The fraction of sp³-hybridized carbons (Fsp3) is 0.174. The fourth-order valence-corrected chi connectivity index (χ4v) is 4.26. The van der Waals surface area contributed by atoms with E-state index in [0.29, 0.717) is 24.1 Å². The molecule has 0 aliphatic carbocycles. The number of nitrogens with one attached hydrogen (secondary N) is 2. The van der Waals surface area contributed by atoms with Crippen molar-refractivity contribution in [2.45, 2.75) is 18.2 Å². The lowest BCUT2D eigenvalue weighted by atomic mass is 10.1. The molecule has 3 aromatic rings. The standard InChI is InChI=1S/C23H23N3O6S/c1-16-7-12-20(15-21(16)26(28)29)33(30,31)25-19-10-8-18(9-11-19)23(27)24-14-13-17-5-3-4-6-22(17)32-2/h3-12,15,25H,13-14H2,1-2H3,(H,24,27). The third kappa shape index (κ3) is 5.86. The van der Waals surface area contributed by atoms with Crippen LogP contribution in [0.25, 0.3) is 0 Å². The maximum atomic E-state index is 12.6. The molecule has 1 amide bonds. The van der Waals surface area contributed by atoms with Crippen LogP contribution in [0.2, 0.25) is 0 Å². The van der Waals surface area contributed by atoms with Crippen LogP contribution in [-0.2, 0) is 16.4 Å². The predicted octanol–water partition coefficient (Wildman–Crippen LogP) is 3.69. The van der Waals surface area contributed by atoms with E-state index in [0.717, 1.165) is 17.4 Å². The number of anilines is 1. The molecular formula is C23H23N3O6S. The zero-order valence-corrected chi connectivity index (χ0v) is 18.9. The number of carbonyl (C=O) groups excluding carboxylic acids is 1. The summed E-state index contributed by atoms with van der Waals surface area (Å²) in [4.78, 5) is 22.6. The van der Waals surface area contributed by atoms with E-state index in [2.05, 4.69) is 10.0 Å². The zero-order valence-electron chi connectivity index (χ0n) is 18.1. The second-order valence-electron chi connectivity index (χ2n) is 7.21. The van der Waals surface area contributed by atoms with Crippen molar-refractivity contribution in [3.8, 4) is 5.75 Å². The SMILES string of the molecule is COc1ccccc1CCNC(=O)c1ccc(NS(=O)(=O)c2ccc(C)c([N+](=O)[O-])c2)cc1. The molecule has 0 atom stereocenters. The fourth-order valence-electron chi connectivity index (χ4n) is 3.18. The smallest absolute Gasteiger partial charge is 0.273 e. The van der Waals surface area contributed by atoms with E-state index >= 15 is 0 Å². The Morgan fingerprint density at radius 3 is 2.42 bits per heavy atom. The minimum absolute atomic E-state index is 0.224. The summed E-state index contributed by atoms with van der Waals surface area (Å²) in [6.45, 7) is 1.93. The van der Waals surface area contributed by atoms with E-state index in [4.69, 9.17) is 4.74 Å². The van der Waals surface area contributed by atoms with Gasteiger partial charge in [-0.1, -0.05) is 24.3 Å². The number of para-hydroxylation sites is 1. The first-order chi connectivity index (χ1) is 15.7. The number of ether oxygens (including phenoxy) is 1. The lowest BCUT2D eigenvalue weighted by Crippen LogP contribution is -2.25. The molecule has 3 rings (SSSR count). The van der Waals surface area contributed by atoms with Gasteiger partial charge >= 0.3 is 0 Å². The van der Waals surface area contributed by atoms with Crippen LogP contribution in [0.3, 0.4) is 0 Å². The number of hydrogen-bond acceptors (Lipinski definition) is 6. The first kappa shape index (κ1) is 23.7. The van der Waals surface area contributed by atoms with Crippen LogP contribution < -0.4 is 14.8 Å². The average molecular weight is 470 g/mol. The number of amides is 1. The summed E-state index contributed by atoms with van der Waals surface area (Å²) in [5.74, 6) is 0.454. The summed E-state index contributed by atoms with van der Waals surface area (Å²) >= 11 is 0. The van der Waals surface area contributed by atoms with Crippen LogP contribution in [0.4, 0.5) is 11.4 Å². The van der Waals surface area contributed by atoms with Gasteiger partial charge in [0.25, 0.3) is 21.6 Å². The van der Waals surface area contributed by atoms with Crippen LogP contribution in [-0.4, -0.2) is 32.9 Å². The highest BCUT2D eigenvalue weighted by Gasteiger charge is 2.20. The van der Waals surface area contributed by atoms with Gasteiger partial charge in [-0.2, -0.15) is 0 Å². The Balaban J connectivity index is 1.63. The molecule has 0 bridgehead atoms. The molecule has 0 saturated carbocycles. The van der Waals surface area contributed by atoms with Crippen molar-refractivity contribution in [3.05, 3.63) is 93.5 Å². The van der Waals surface area contributed by atoms with Crippen LogP contribution in [0.1, 0.15) is 21.5 Å². The van der Waals surface area contributed by atoms with Gasteiger partial charge in [-0.05, 0) is 55.3 Å². The van der Waals surface area contributed by atoms with Crippen molar-refractivity contribution in [1.29, 1.82) is 0 Å². The molecule has 0 aromatic heterocycles. The van der Waals surface area contributed by atoms with Crippen molar-refractivity contribution < 1.29 is 22.9 Å². The molecule has 33 heavy (non-hydrogen) atoms. The van der Waals surface area contributed by atoms with Gasteiger partial charge in [0.1, 0.15) is 5.75 Å². The van der Waals surface area contributed by atoms with Crippen LogP contribution >= 0.6 is 0 Å². The van der Waals surface area contributed by atoms with Crippen molar-refractivity contribution >= 4 is 27.3 Å². The van der Waals surface area contributed by atoms with Crippen LogP contribution in [0.5, 0.6) is 5.75 Å². The molecular weight excluding hydrogens is 446 g/mol. The highest BCUT2D eigenvalue weighted by atomic mass is 32.2. The van der Waals surface area contributed by atoms with Gasteiger partial charge in [0.05, 0.1) is 16.9 Å². The van der Waals surface area contributed by atoms with E-state index in [9.17, 15) is 23.3 Å². The van der Waals surface area contributed by atoms with Gasteiger partial charge in [-0.15, -0.1) is 0 Å². The number of nitro benzene ring substituents is 1. The lowest BCUT2D eigenvalue weighted by Gasteiger charge is -2.11. The van der Waals surface area contributed by atoms with Crippen LogP contribution in [0, 0.1) is 17.0 Å². The maximum absolute atomic E-state index is 12.6. The summed E-state index contributed by atoms with van der Waals surface area (Å²) < 4.78 is 32.9. The summed E-state index contributed by atoms with van der Waals surface area (Å²) in [7, 11) is -2.45. The van der Waals surface area contributed by atoms with Crippen molar-refractivity contribution in [2.24, 2.45) is 0 Å². The molecule has 0 heterocycles. The average Bonchev–Trinajstić information content (AvgIpc) is 2.79. The largest absolute Gasteiger partial charge is 0.496 e. The molecule has 0 fully saturated rings. The molecule has 3 aromatic carbocycles. The summed E-state index contributed by atoms with van der Waals surface area (Å²) in [6, 6.07) is 17.1. The minimum atomic E-state index is -4.04. The number of rotatable bonds is 9. The molecule has 2 N–H and O–H groups in total. The topological polar surface area (TPSA) is 128 Å². The van der Waals surface area contributed by atoms with E-state index < -0.39 is 14.9 Å². The highest BCUT2D eigenvalue weighted by molar-refractivity contribution is 7.92. The summed E-state index contributed by atoms with van der Waals surface area (Å²) in [5.41, 5.74) is 1.65. The minimum Gasteiger partial charge on any atom is -0.496 e. The number of nitrogens with zero attached hydrogens (tertiary/aromatic N) is 1. The lowest BCUT2D eigenvalue weighted by molar-refractivity contribution is -0.385. The molecule has 0 radical (unpaired) electrons. The molecule has 0 aliphatic rings. The Bertz CT molecular complexity index is 1270. The Kier molecular flexibility index (Phi) is 7.29. The third-order valence-corrected chi connectivity index (χ3v) is 6.34. The Hall–Kier alpha value is -3.92. The van der Waals surface area contributed by atoms with E-state index in [1.165, 1.54) is 43.3 Å². The van der Waals surface area contributed by atoms with E-state index in [1.807, 2.05) is 24.3 Å². The Labute approximate surface area is 191 Å². The first-order valence-electron chi connectivity index (χ1n) is 9.99. The van der Waals surface area contributed by atoms with Crippen molar-refractivity contribution in [2.75, 3.05) is 18.4 Å². The molecule has 0 saturated heterocycles. The zero-order chi connectivity index (χ0) is 24.0. The van der Waals surface area contributed by atoms with Gasteiger partial charge in [-0.25, -0.2) is 8.42 Å². The van der Waals surface area contributed by atoms with E-state index in [-0.39, 0.29) is 22.2 Å². The number of nitro groups is 1. The Morgan fingerprint density at radius 1 is 1.06 bits per heavy atom. The van der Waals surface area contributed by atoms with Gasteiger partial charge in [-0.3, -0.25) is 19.6 Å². The quantitative estimate of drug-likeness (QED) is 0.363. The normalized spacial score (nSPS) is 11.0. The summed E-state index contributed by atoms with van der Waals surface area (Å²) in [6.07, 6.45) is 0.594. The monoisotopic (exact) mass is 469 g/mol. The van der Waals surface area contributed by atoms with Gasteiger partial charge in [0.2, 0.25) is 0 Å². The second kappa shape index (κ2) is 10.1. The highest BCUT2D eigenvalue weighted by Crippen LogP contribution is 2.24. The molecule has 10 heteroatoms. The Morgan fingerprint density at radius 2 is 1.76 bits per heavy atom. The number of sulfonamides is 1. The van der Waals surface area contributed by atoms with E-state index in [1.54, 1.807) is 7.11 Å². The molecule has 0 aliphatic heterocycles. The number of aryl methyl sites for hydroxylation is 1. The summed E-state index contributed by atoms with van der Waals surface area (Å²) in [5, 5.41) is 13.9. The number of carbonyl (C=O) groups is 1. The predicted molar refractivity (Wildman–Crippen MR) is 124 cm³/mol. The van der Waals surface area contributed by atoms with Crippen molar-refractivity contribution in [3.63, 3.8) is 0 Å². The number of hydrogen-bond donors (Lipinski definition) is 2. The first-order valence-corrected chi connectivity index (χ1v) is 11.5. The molecule has 0 unspecified atom stereocenters. The molecule has 0 spiro atoms. The van der Waals surface area contributed by atoms with Crippen molar-refractivity contribution in [1.82, 2.24) is 5.32 Å². The van der Waals surface area contributed by atoms with Gasteiger partial charge < -0.3 is 10.1 Å².